The maximum atomic E-state index is 9.30. The summed E-state index contributed by atoms with van der Waals surface area (Å²) in [7, 11) is 1.74. The van der Waals surface area contributed by atoms with Gasteiger partial charge in [-0.15, -0.1) is 5.10 Å². The van der Waals surface area contributed by atoms with Crippen LogP contribution in [0.2, 0.25) is 0 Å². The Balaban J connectivity index is 0.00000158. The molecule has 1 N–H and O–H groups in total. The maximum absolute atomic E-state index is 9.30. The number of aryl methyl sites for hydroxylation is 1. The fourth-order valence-electron chi connectivity index (χ4n) is 4.06. The predicted octanol–water partition coefficient (Wildman–Crippen LogP) is 3.92. The van der Waals surface area contributed by atoms with Crippen molar-refractivity contribution in [1.29, 1.82) is 5.26 Å². The molecule has 3 aromatic rings. The summed E-state index contributed by atoms with van der Waals surface area (Å²) in [6.45, 7) is 14.1. The quantitative estimate of drug-likeness (QED) is 0.566. The van der Waals surface area contributed by atoms with E-state index in [1.54, 1.807) is 7.11 Å². The summed E-state index contributed by atoms with van der Waals surface area (Å²) >= 11 is 0. The molecule has 1 saturated heterocycles. The Labute approximate surface area is 202 Å². The fourth-order valence-corrected chi connectivity index (χ4v) is 4.06. The molecular weight excluding hydrogens is 426 g/mol. The van der Waals surface area contributed by atoms with Crippen LogP contribution in [-0.2, 0) is 11.3 Å². The Morgan fingerprint density at radius 2 is 1.85 bits per heavy atom. The number of nitriles is 1. The van der Waals surface area contributed by atoms with Crippen molar-refractivity contribution in [3.63, 3.8) is 0 Å². The van der Waals surface area contributed by atoms with Crippen molar-refractivity contribution in [2.24, 2.45) is 0 Å². The zero-order valence-corrected chi connectivity index (χ0v) is 20.9. The monoisotopic (exact) mass is 461 g/mol. The summed E-state index contributed by atoms with van der Waals surface area (Å²) < 4.78 is 5.20. The summed E-state index contributed by atoms with van der Waals surface area (Å²) in [6, 6.07) is 10.1. The minimum Gasteiger partial charge on any atom is -0.383 e. The van der Waals surface area contributed by atoms with Crippen molar-refractivity contribution < 1.29 is 4.74 Å². The molecule has 3 heterocycles. The number of pyridine rings is 1. The van der Waals surface area contributed by atoms with E-state index in [1.165, 1.54) is 0 Å². The number of ether oxygens (including phenoxy) is 1. The molecule has 8 nitrogen and oxygen atoms in total. The number of fused-ring (bicyclic) bond motifs is 1. The van der Waals surface area contributed by atoms with E-state index in [0.29, 0.717) is 12.1 Å². The van der Waals surface area contributed by atoms with E-state index in [-0.39, 0.29) is 0 Å². The van der Waals surface area contributed by atoms with Crippen LogP contribution < -0.4 is 10.2 Å². The van der Waals surface area contributed by atoms with E-state index < -0.39 is 0 Å². The Kier molecular flexibility index (Phi) is 9.14. The molecule has 1 fully saturated rings. The second kappa shape index (κ2) is 12.3. The second-order valence-corrected chi connectivity index (χ2v) is 8.10. The first-order valence-electron chi connectivity index (χ1n) is 11.9. The molecule has 1 aliphatic rings. The molecule has 0 saturated carbocycles. The number of nitrogens with zero attached hydrogens (tertiary/aromatic N) is 6. The van der Waals surface area contributed by atoms with E-state index in [0.717, 1.165) is 78.6 Å². The van der Waals surface area contributed by atoms with Crippen molar-refractivity contribution >= 4 is 22.4 Å². The number of nitrogens with one attached hydrogen (secondary N) is 1. The number of aromatic nitrogens is 3. The molecule has 180 valence electrons. The maximum Gasteiger partial charge on any atom is 0.157 e. The lowest BCUT2D eigenvalue weighted by Gasteiger charge is -2.35. The highest BCUT2D eigenvalue weighted by molar-refractivity contribution is 5.94. The molecule has 8 heteroatoms. The largest absolute Gasteiger partial charge is 0.383 e. The number of piperazine rings is 1. The minimum absolute atomic E-state index is 0.573. The van der Waals surface area contributed by atoms with Crippen LogP contribution >= 0.6 is 0 Å². The molecule has 0 radical (unpaired) electrons. The van der Waals surface area contributed by atoms with Crippen molar-refractivity contribution in [2.75, 3.05) is 56.7 Å². The highest BCUT2D eigenvalue weighted by Crippen LogP contribution is 2.27. The summed E-state index contributed by atoms with van der Waals surface area (Å²) in [5.74, 6) is 1.69. The Bertz CT molecular complexity index is 1130. The number of hydrogen-bond acceptors (Lipinski definition) is 8. The van der Waals surface area contributed by atoms with Gasteiger partial charge in [0, 0.05) is 63.3 Å². The van der Waals surface area contributed by atoms with Crippen molar-refractivity contribution in [3.05, 3.63) is 52.8 Å². The first-order chi connectivity index (χ1) is 16.6. The minimum atomic E-state index is 0.573. The zero-order chi connectivity index (χ0) is 24.5. The number of benzene rings is 1. The molecule has 0 amide bonds. The molecule has 0 atom stereocenters. The van der Waals surface area contributed by atoms with Crippen LogP contribution in [0.25, 0.3) is 10.8 Å². The first kappa shape index (κ1) is 25.3. The molecule has 1 aromatic carbocycles. The average Bonchev–Trinajstić information content (AvgIpc) is 2.89. The summed E-state index contributed by atoms with van der Waals surface area (Å²) in [4.78, 5) is 9.47. The van der Waals surface area contributed by atoms with Crippen LogP contribution in [0.15, 0.2) is 30.5 Å². The van der Waals surface area contributed by atoms with Gasteiger partial charge in [-0.25, -0.2) is 4.98 Å². The van der Waals surface area contributed by atoms with Crippen LogP contribution in [-0.4, -0.2) is 66.5 Å². The van der Waals surface area contributed by atoms with Gasteiger partial charge >= 0.3 is 0 Å². The molecule has 0 unspecified atom stereocenters. The zero-order valence-electron chi connectivity index (χ0n) is 20.9. The molecular formula is C26H35N7O. The SMILES string of the molecule is CC.COCCN1CCN(c2cc3c(NCc4cccc(C#N)c4C)nnc(C)c3cn2)CC1. The van der Waals surface area contributed by atoms with Gasteiger partial charge < -0.3 is 15.0 Å². The number of rotatable bonds is 7. The molecule has 0 spiro atoms. The van der Waals surface area contributed by atoms with Crippen molar-refractivity contribution in [2.45, 2.75) is 34.2 Å². The van der Waals surface area contributed by atoms with Crippen molar-refractivity contribution in [3.8, 4) is 6.07 Å². The van der Waals surface area contributed by atoms with Crippen LogP contribution in [0.1, 0.15) is 36.2 Å². The number of anilines is 2. The smallest absolute Gasteiger partial charge is 0.157 e. The number of methoxy groups -OCH3 is 1. The van der Waals surface area contributed by atoms with Crippen LogP contribution in [0.3, 0.4) is 0 Å². The van der Waals surface area contributed by atoms with Gasteiger partial charge in [-0.2, -0.15) is 10.4 Å². The van der Waals surface area contributed by atoms with Crippen LogP contribution in [0.4, 0.5) is 11.6 Å². The molecule has 0 aliphatic carbocycles. The summed E-state index contributed by atoms with van der Waals surface area (Å²) in [5.41, 5.74) is 3.61. The Morgan fingerprint density at radius 1 is 1.09 bits per heavy atom. The lowest BCUT2D eigenvalue weighted by Crippen LogP contribution is -2.47. The van der Waals surface area contributed by atoms with Gasteiger partial charge in [0.1, 0.15) is 5.82 Å². The van der Waals surface area contributed by atoms with Gasteiger partial charge in [0.05, 0.1) is 23.9 Å². The second-order valence-electron chi connectivity index (χ2n) is 8.10. The van der Waals surface area contributed by atoms with Crippen LogP contribution in [0, 0.1) is 25.2 Å². The third-order valence-electron chi connectivity index (χ3n) is 6.16. The third-order valence-corrected chi connectivity index (χ3v) is 6.16. The van der Waals surface area contributed by atoms with Gasteiger partial charge in [-0.1, -0.05) is 26.0 Å². The van der Waals surface area contributed by atoms with E-state index in [2.05, 4.69) is 37.4 Å². The van der Waals surface area contributed by atoms with Gasteiger partial charge in [0.25, 0.3) is 0 Å². The lowest BCUT2D eigenvalue weighted by molar-refractivity contribution is 0.144. The molecule has 1 aliphatic heterocycles. The normalized spacial score (nSPS) is 13.8. The first-order valence-corrected chi connectivity index (χ1v) is 11.9. The molecule has 0 bridgehead atoms. The lowest BCUT2D eigenvalue weighted by atomic mass is 10.0. The average molecular weight is 462 g/mol. The summed E-state index contributed by atoms with van der Waals surface area (Å²) in [5, 5.41) is 23.5. The van der Waals surface area contributed by atoms with E-state index in [4.69, 9.17) is 9.72 Å². The standard InChI is InChI=1S/C24H29N7O.C2H6/c1-17-19(14-25)5-4-6-20(17)15-27-24-21-13-23(26-16-22(21)18(2)28-29-24)31-9-7-30(8-10-31)11-12-32-3;1-2/h4-6,13,16H,7-12,15H2,1-3H3,(H,27,29);1-2H3. The fraction of sp³-hybridized carbons (Fsp3) is 0.462. The predicted molar refractivity (Wildman–Crippen MR) is 137 cm³/mol. The summed E-state index contributed by atoms with van der Waals surface area (Å²) in [6.07, 6.45) is 1.90. The Morgan fingerprint density at radius 3 is 2.56 bits per heavy atom. The topological polar surface area (TPSA) is 90.2 Å². The molecule has 34 heavy (non-hydrogen) atoms. The third kappa shape index (κ3) is 5.79. The number of hydrogen-bond donors (Lipinski definition) is 1. The van der Waals surface area contributed by atoms with Gasteiger partial charge in [-0.3, -0.25) is 4.90 Å². The highest BCUT2D eigenvalue weighted by Gasteiger charge is 2.19. The van der Waals surface area contributed by atoms with E-state index in [1.807, 2.05) is 52.1 Å². The molecule has 4 rings (SSSR count). The van der Waals surface area contributed by atoms with Gasteiger partial charge in [0.15, 0.2) is 5.82 Å². The Hall–Kier alpha value is -3.28. The van der Waals surface area contributed by atoms with Crippen LogP contribution in [0.5, 0.6) is 0 Å². The van der Waals surface area contributed by atoms with Gasteiger partial charge in [-0.05, 0) is 37.1 Å². The van der Waals surface area contributed by atoms with E-state index >= 15 is 0 Å². The van der Waals surface area contributed by atoms with E-state index in [9.17, 15) is 5.26 Å². The van der Waals surface area contributed by atoms with Gasteiger partial charge in [0.2, 0.25) is 0 Å². The van der Waals surface area contributed by atoms with Crippen molar-refractivity contribution in [1.82, 2.24) is 20.1 Å². The molecule has 2 aromatic heterocycles. The highest BCUT2D eigenvalue weighted by atomic mass is 16.5.